The maximum absolute atomic E-state index is 11.9. The van der Waals surface area contributed by atoms with Crippen molar-refractivity contribution in [1.82, 2.24) is 5.32 Å². The van der Waals surface area contributed by atoms with Gasteiger partial charge in [-0.1, -0.05) is 25.3 Å². The number of nitriles is 1. The van der Waals surface area contributed by atoms with Crippen LogP contribution in [0.5, 0.6) is 5.75 Å². The number of rotatable bonds is 4. The van der Waals surface area contributed by atoms with Crippen LogP contribution in [0.1, 0.15) is 42.5 Å². The number of carbonyl (C=O) groups excluding carboxylic acids is 2. The van der Waals surface area contributed by atoms with Gasteiger partial charge in [-0.2, -0.15) is 5.26 Å². The van der Waals surface area contributed by atoms with Gasteiger partial charge >= 0.3 is 5.97 Å². The number of phenolic OH excluding ortho intramolecular Hbond substituents is 1. The van der Waals surface area contributed by atoms with E-state index in [-0.39, 0.29) is 11.3 Å². The zero-order valence-corrected chi connectivity index (χ0v) is 12.2. The fraction of sp³-hybridized carbons (Fsp3) is 0.438. The van der Waals surface area contributed by atoms with Gasteiger partial charge in [-0.25, -0.2) is 4.79 Å². The van der Waals surface area contributed by atoms with Crippen molar-refractivity contribution in [3.05, 3.63) is 29.8 Å². The highest BCUT2D eigenvalue weighted by Gasteiger charge is 2.33. The third kappa shape index (κ3) is 3.98. The van der Waals surface area contributed by atoms with E-state index in [1.165, 1.54) is 24.3 Å². The number of hydrogen-bond donors (Lipinski definition) is 2. The van der Waals surface area contributed by atoms with E-state index < -0.39 is 24.0 Å². The molecule has 2 rings (SSSR count). The first-order valence-corrected chi connectivity index (χ1v) is 7.23. The second-order valence-corrected chi connectivity index (χ2v) is 5.43. The Morgan fingerprint density at radius 3 is 2.68 bits per heavy atom. The van der Waals surface area contributed by atoms with Gasteiger partial charge in [0.05, 0.1) is 11.6 Å². The number of nitrogens with zero attached hydrogens (tertiary/aromatic N) is 1. The van der Waals surface area contributed by atoms with Gasteiger partial charge in [-0.05, 0) is 31.0 Å². The maximum Gasteiger partial charge on any atom is 0.338 e. The molecule has 1 saturated carbocycles. The van der Waals surface area contributed by atoms with E-state index in [0.717, 1.165) is 19.3 Å². The summed E-state index contributed by atoms with van der Waals surface area (Å²) >= 11 is 0. The van der Waals surface area contributed by atoms with E-state index >= 15 is 0 Å². The molecule has 0 unspecified atom stereocenters. The molecule has 0 bridgehead atoms. The Hall–Kier alpha value is -2.55. The number of aromatic hydroxyl groups is 1. The second kappa shape index (κ2) is 6.94. The fourth-order valence-electron chi connectivity index (χ4n) is 2.57. The van der Waals surface area contributed by atoms with E-state index in [2.05, 4.69) is 11.4 Å². The van der Waals surface area contributed by atoms with E-state index in [9.17, 15) is 20.0 Å². The van der Waals surface area contributed by atoms with Crippen LogP contribution in [0.15, 0.2) is 24.3 Å². The molecule has 2 N–H and O–H groups in total. The molecule has 1 aliphatic rings. The first-order chi connectivity index (χ1) is 10.5. The highest BCUT2D eigenvalue weighted by atomic mass is 16.5. The van der Waals surface area contributed by atoms with Crippen LogP contribution in [0.3, 0.4) is 0 Å². The Morgan fingerprint density at radius 1 is 1.32 bits per heavy atom. The van der Waals surface area contributed by atoms with E-state index in [1.807, 2.05) is 0 Å². The lowest BCUT2D eigenvalue weighted by Crippen LogP contribution is -2.50. The summed E-state index contributed by atoms with van der Waals surface area (Å²) in [5.74, 6) is -1.23. The quantitative estimate of drug-likeness (QED) is 0.827. The molecular weight excluding hydrogens is 284 g/mol. The van der Waals surface area contributed by atoms with E-state index in [4.69, 9.17) is 4.74 Å². The number of hydrogen-bond acceptors (Lipinski definition) is 5. The molecule has 1 aliphatic carbocycles. The molecule has 0 heterocycles. The Balaban J connectivity index is 1.87. The lowest BCUT2D eigenvalue weighted by atomic mass is 9.83. The van der Waals surface area contributed by atoms with E-state index in [0.29, 0.717) is 12.8 Å². The van der Waals surface area contributed by atoms with Crippen molar-refractivity contribution in [2.45, 2.75) is 37.6 Å². The SMILES string of the molecule is N#CC1(NC(=O)COC(=O)c2cccc(O)c2)CCCCC1. The Bertz CT molecular complexity index is 600. The number of amides is 1. The van der Waals surface area contributed by atoms with Crippen LogP contribution in [0.25, 0.3) is 0 Å². The van der Waals surface area contributed by atoms with Crippen LogP contribution < -0.4 is 5.32 Å². The Labute approximate surface area is 128 Å². The van der Waals surface area contributed by atoms with Gasteiger partial charge in [0.1, 0.15) is 11.3 Å². The number of carbonyl (C=O) groups is 2. The molecule has 0 atom stereocenters. The number of ether oxygens (including phenoxy) is 1. The molecule has 6 heteroatoms. The summed E-state index contributed by atoms with van der Waals surface area (Å²) in [6, 6.07) is 7.86. The van der Waals surface area contributed by atoms with Crippen LogP contribution in [0, 0.1) is 11.3 Å². The van der Waals surface area contributed by atoms with Crippen molar-refractivity contribution in [3.8, 4) is 11.8 Å². The Kier molecular flexibility index (Phi) is 4.99. The summed E-state index contributed by atoms with van der Waals surface area (Å²) in [5, 5.41) is 21.2. The summed E-state index contributed by atoms with van der Waals surface area (Å²) < 4.78 is 4.90. The molecule has 116 valence electrons. The molecule has 22 heavy (non-hydrogen) atoms. The molecule has 1 aromatic carbocycles. The molecule has 0 spiro atoms. The van der Waals surface area contributed by atoms with Gasteiger partial charge < -0.3 is 15.2 Å². The maximum atomic E-state index is 11.9. The predicted octanol–water partition coefficient (Wildman–Crippen LogP) is 1.89. The molecule has 0 aromatic heterocycles. The molecule has 6 nitrogen and oxygen atoms in total. The molecule has 0 saturated heterocycles. The van der Waals surface area contributed by atoms with Crippen molar-refractivity contribution < 1.29 is 19.4 Å². The van der Waals surface area contributed by atoms with Gasteiger partial charge in [0, 0.05) is 0 Å². The highest BCUT2D eigenvalue weighted by molar-refractivity contribution is 5.91. The fourth-order valence-corrected chi connectivity index (χ4v) is 2.57. The topological polar surface area (TPSA) is 99.4 Å². The standard InChI is InChI=1S/C16H18N2O4/c17-11-16(7-2-1-3-8-16)18-14(20)10-22-15(21)12-5-4-6-13(19)9-12/h4-6,9,19H,1-3,7-8,10H2,(H,18,20). The monoisotopic (exact) mass is 302 g/mol. The summed E-state index contributed by atoms with van der Waals surface area (Å²) in [5.41, 5.74) is -0.673. The van der Waals surface area contributed by atoms with Gasteiger partial charge in [0.15, 0.2) is 6.61 Å². The van der Waals surface area contributed by atoms with Gasteiger partial charge in [0.2, 0.25) is 0 Å². The average molecular weight is 302 g/mol. The molecular formula is C16H18N2O4. The molecule has 1 aromatic rings. The lowest BCUT2D eigenvalue weighted by molar-refractivity contribution is -0.125. The van der Waals surface area contributed by atoms with Crippen LogP contribution >= 0.6 is 0 Å². The molecule has 1 fully saturated rings. The summed E-state index contributed by atoms with van der Waals surface area (Å²) in [7, 11) is 0. The van der Waals surface area contributed by atoms with Crippen molar-refractivity contribution in [1.29, 1.82) is 5.26 Å². The van der Waals surface area contributed by atoms with Crippen molar-refractivity contribution in [2.75, 3.05) is 6.61 Å². The zero-order valence-electron chi connectivity index (χ0n) is 12.2. The van der Waals surface area contributed by atoms with Gasteiger partial charge in [0.25, 0.3) is 5.91 Å². The van der Waals surface area contributed by atoms with Crippen LogP contribution in [-0.4, -0.2) is 29.1 Å². The molecule has 1 amide bonds. The van der Waals surface area contributed by atoms with Crippen molar-refractivity contribution in [2.24, 2.45) is 0 Å². The number of esters is 1. The van der Waals surface area contributed by atoms with Crippen LogP contribution in [0.4, 0.5) is 0 Å². The first-order valence-electron chi connectivity index (χ1n) is 7.23. The second-order valence-electron chi connectivity index (χ2n) is 5.43. The van der Waals surface area contributed by atoms with E-state index in [1.54, 1.807) is 0 Å². The predicted molar refractivity (Wildman–Crippen MR) is 78.0 cm³/mol. The smallest absolute Gasteiger partial charge is 0.338 e. The third-order valence-corrected chi connectivity index (χ3v) is 3.72. The number of benzene rings is 1. The highest BCUT2D eigenvalue weighted by Crippen LogP contribution is 2.27. The van der Waals surface area contributed by atoms with Crippen LogP contribution in [-0.2, 0) is 9.53 Å². The van der Waals surface area contributed by atoms with Gasteiger partial charge in [-0.15, -0.1) is 0 Å². The first kappa shape index (κ1) is 15.8. The van der Waals surface area contributed by atoms with Crippen LogP contribution in [0.2, 0.25) is 0 Å². The molecule has 0 aliphatic heterocycles. The largest absolute Gasteiger partial charge is 0.508 e. The lowest BCUT2D eigenvalue weighted by Gasteiger charge is -2.31. The summed E-state index contributed by atoms with van der Waals surface area (Å²) in [6.07, 6.45) is 4.10. The number of phenols is 1. The Morgan fingerprint density at radius 2 is 2.05 bits per heavy atom. The summed E-state index contributed by atoms with van der Waals surface area (Å²) in [6.45, 7) is -0.447. The minimum atomic E-state index is -0.841. The molecule has 0 radical (unpaired) electrons. The summed E-state index contributed by atoms with van der Waals surface area (Å²) in [4.78, 5) is 23.7. The number of nitrogens with one attached hydrogen (secondary N) is 1. The zero-order chi connectivity index (χ0) is 16.0. The minimum absolute atomic E-state index is 0.0514. The average Bonchev–Trinajstić information content (AvgIpc) is 2.53. The van der Waals surface area contributed by atoms with Crippen molar-refractivity contribution in [3.63, 3.8) is 0 Å². The minimum Gasteiger partial charge on any atom is -0.508 e. The third-order valence-electron chi connectivity index (χ3n) is 3.72. The van der Waals surface area contributed by atoms with Gasteiger partial charge in [-0.3, -0.25) is 4.79 Å². The van der Waals surface area contributed by atoms with Crippen molar-refractivity contribution >= 4 is 11.9 Å². The normalized spacial score (nSPS) is 16.3.